The van der Waals surface area contributed by atoms with E-state index in [2.05, 4.69) is 16.4 Å². The van der Waals surface area contributed by atoms with Gasteiger partial charge in [-0.1, -0.05) is 12.1 Å². The maximum atomic E-state index is 12.5. The van der Waals surface area contributed by atoms with Gasteiger partial charge in [0.1, 0.15) is 0 Å². The fraction of sp³-hybridized carbons (Fsp3) is 0.278. The van der Waals surface area contributed by atoms with Crippen LogP contribution in [0.4, 0.5) is 0 Å². The number of rotatable bonds is 3. The van der Waals surface area contributed by atoms with Gasteiger partial charge in [0.25, 0.3) is 5.56 Å². The molecule has 2 aromatic heterocycles. The van der Waals surface area contributed by atoms with E-state index in [-0.39, 0.29) is 11.5 Å². The van der Waals surface area contributed by atoms with Crippen LogP contribution in [0.3, 0.4) is 0 Å². The third-order valence-electron chi connectivity index (χ3n) is 4.46. The van der Waals surface area contributed by atoms with Crippen LogP contribution < -0.4 is 5.56 Å². The summed E-state index contributed by atoms with van der Waals surface area (Å²) in [5, 5.41) is 2.67. The molecule has 5 nitrogen and oxygen atoms in total. The van der Waals surface area contributed by atoms with Crippen LogP contribution in [-0.2, 0) is 24.3 Å². The van der Waals surface area contributed by atoms with Crippen LogP contribution in [-0.4, -0.2) is 26.9 Å². The minimum Gasteiger partial charge on any atom is -0.338 e. The van der Waals surface area contributed by atoms with Gasteiger partial charge in [-0.25, -0.2) is 4.98 Å². The first-order valence-electron chi connectivity index (χ1n) is 7.99. The Labute approximate surface area is 143 Å². The summed E-state index contributed by atoms with van der Waals surface area (Å²) in [6.07, 6.45) is 2.78. The van der Waals surface area contributed by atoms with E-state index < -0.39 is 0 Å². The van der Waals surface area contributed by atoms with E-state index in [0.717, 1.165) is 13.0 Å². The van der Waals surface area contributed by atoms with Gasteiger partial charge in [0, 0.05) is 30.9 Å². The molecule has 1 aliphatic heterocycles. The van der Waals surface area contributed by atoms with E-state index in [1.165, 1.54) is 21.3 Å². The van der Waals surface area contributed by atoms with E-state index in [0.29, 0.717) is 30.4 Å². The standard InChI is InChI=1S/C18H17N3O2S/c22-17(20-8-5-16-13(11-20)7-10-24-16)6-9-21-12-19-15-4-2-1-3-14(15)18(21)23/h1-4,7,10,12H,5-6,8-9,11H2. The predicted molar refractivity (Wildman–Crippen MR) is 94.1 cm³/mol. The fourth-order valence-corrected chi connectivity index (χ4v) is 3.99. The van der Waals surface area contributed by atoms with Crippen LogP contribution >= 0.6 is 11.3 Å². The number of hydrogen-bond donors (Lipinski definition) is 0. The summed E-state index contributed by atoms with van der Waals surface area (Å²) < 4.78 is 1.53. The third-order valence-corrected chi connectivity index (χ3v) is 5.48. The van der Waals surface area contributed by atoms with Crippen LogP contribution in [0.15, 0.2) is 46.8 Å². The topological polar surface area (TPSA) is 55.2 Å². The van der Waals surface area contributed by atoms with Crippen molar-refractivity contribution in [3.8, 4) is 0 Å². The summed E-state index contributed by atoms with van der Waals surface area (Å²) in [5.41, 5.74) is 1.85. The van der Waals surface area contributed by atoms with Crippen molar-refractivity contribution < 1.29 is 4.79 Å². The monoisotopic (exact) mass is 339 g/mol. The molecule has 0 atom stereocenters. The molecule has 0 saturated carbocycles. The highest BCUT2D eigenvalue weighted by Crippen LogP contribution is 2.24. The lowest BCUT2D eigenvalue weighted by Gasteiger charge is -2.27. The van der Waals surface area contributed by atoms with E-state index in [1.54, 1.807) is 17.4 Å². The molecule has 0 bridgehead atoms. The highest BCUT2D eigenvalue weighted by Gasteiger charge is 2.21. The number of carbonyl (C=O) groups excluding carboxylic acids is 1. The zero-order valence-electron chi connectivity index (χ0n) is 13.1. The lowest BCUT2D eigenvalue weighted by atomic mass is 10.1. The fourth-order valence-electron chi connectivity index (χ4n) is 3.10. The molecule has 0 aliphatic carbocycles. The van der Waals surface area contributed by atoms with Crippen LogP contribution in [0.1, 0.15) is 16.9 Å². The van der Waals surface area contributed by atoms with Crippen molar-refractivity contribution in [1.29, 1.82) is 0 Å². The molecule has 0 fully saturated rings. The Morgan fingerprint density at radius 3 is 3.04 bits per heavy atom. The second-order valence-corrected chi connectivity index (χ2v) is 6.95. The quantitative estimate of drug-likeness (QED) is 0.736. The van der Waals surface area contributed by atoms with Crippen molar-refractivity contribution in [2.24, 2.45) is 0 Å². The van der Waals surface area contributed by atoms with Gasteiger partial charge in [0.2, 0.25) is 5.91 Å². The summed E-state index contributed by atoms with van der Waals surface area (Å²) in [5.74, 6) is 0.0897. The molecule has 0 N–H and O–H groups in total. The van der Waals surface area contributed by atoms with Crippen molar-refractivity contribution in [3.05, 3.63) is 62.8 Å². The summed E-state index contributed by atoms with van der Waals surface area (Å²) >= 11 is 1.76. The second kappa shape index (κ2) is 6.20. The normalized spacial score (nSPS) is 13.9. The van der Waals surface area contributed by atoms with E-state index in [9.17, 15) is 9.59 Å². The molecule has 1 aliphatic rings. The Bertz CT molecular complexity index is 960. The van der Waals surface area contributed by atoms with Gasteiger partial charge in [0.15, 0.2) is 0 Å². The molecule has 3 heterocycles. The Morgan fingerprint density at radius 1 is 1.25 bits per heavy atom. The highest BCUT2D eigenvalue weighted by molar-refractivity contribution is 7.10. The molecular formula is C18H17N3O2S. The molecule has 6 heteroatoms. The van der Waals surface area contributed by atoms with E-state index >= 15 is 0 Å². The zero-order chi connectivity index (χ0) is 16.5. The highest BCUT2D eigenvalue weighted by atomic mass is 32.1. The minimum atomic E-state index is -0.0906. The summed E-state index contributed by atoms with van der Waals surface area (Å²) in [6, 6.07) is 9.37. The Hall–Kier alpha value is -2.47. The molecule has 122 valence electrons. The molecular weight excluding hydrogens is 322 g/mol. The van der Waals surface area contributed by atoms with E-state index in [1.807, 2.05) is 23.1 Å². The number of aromatic nitrogens is 2. The maximum absolute atomic E-state index is 12.5. The molecule has 0 spiro atoms. The SMILES string of the molecule is O=C(CCn1cnc2ccccc2c1=O)N1CCc2sccc2C1. The van der Waals surface area contributed by atoms with Crippen molar-refractivity contribution in [2.75, 3.05) is 6.54 Å². The van der Waals surface area contributed by atoms with Crippen LogP contribution in [0.25, 0.3) is 10.9 Å². The van der Waals surface area contributed by atoms with E-state index in [4.69, 9.17) is 0 Å². The molecule has 1 aromatic carbocycles. The van der Waals surface area contributed by atoms with Crippen molar-refractivity contribution in [3.63, 3.8) is 0 Å². The van der Waals surface area contributed by atoms with Gasteiger partial charge in [0.05, 0.1) is 17.2 Å². The van der Waals surface area contributed by atoms with Crippen LogP contribution in [0.5, 0.6) is 0 Å². The smallest absolute Gasteiger partial charge is 0.261 e. The third kappa shape index (κ3) is 2.73. The first kappa shape index (κ1) is 15.1. The number of para-hydroxylation sites is 1. The van der Waals surface area contributed by atoms with Gasteiger partial charge in [-0.3, -0.25) is 14.2 Å². The number of carbonyl (C=O) groups is 1. The van der Waals surface area contributed by atoms with Crippen molar-refractivity contribution >= 4 is 28.1 Å². The number of fused-ring (bicyclic) bond motifs is 2. The minimum absolute atomic E-state index is 0.0897. The average molecular weight is 339 g/mol. The Balaban J connectivity index is 1.46. The van der Waals surface area contributed by atoms with Crippen LogP contribution in [0.2, 0.25) is 0 Å². The van der Waals surface area contributed by atoms with Gasteiger partial charge in [-0.2, -0.15) is 0 Å². The molecule has 3 aromatic rings. The number of hydrogen-bond acceptors (Lipinski definition) is 4. The molecule has 0 radical (unpaired) electrons. The molecule has 1 amide bonds. The first-order chi connectivity index (χ1) is 11.7. The number of nitrogens with zero attached hydrogens (tertiary/aromatic N) is 3. The zero-order valence-corrected chi connectivity index (χ0v) is 14.0. The van der Waals surface area contributed by atoms with Gasteiger partial charge < -0.3 is 4.90 Å². The first-order valence-corrected chi connectivity index (χ1v) is 8.87. The van der Waals surface area contributed by atoms with Gasteiger partial charge in [-0.05, 0) is 35.6 Å². The second-order valence-electron chi connectivity index (χ2n) is 5.94. The molecule has 4 rings (SSSR count). The summed E-state index contributed by atoms with van der Waals surface area (Å²) in [6.45, 7) is 1.81. The van der Waals surface area contributed by atoms with Gasteiger partial charge in [-0.15, -0.1) is 11.3 Å². The van der Waals surface area contributed by atoms with Gasteiger partial charge >= 0.3 is 0 Å². The lowest BCUT2D eigenvalue weighted by molar-refractivity contribution is -0.132. The number of benzene rings is 1. The lowest BCUT2D eigenvalue weighted by Crippen LogP contribution is -2.36. The molecule has 0 unspecified atom stereocenters. The summed E-state index contributed by atoms with van der Waals surface area (Å²) in [4.78, 5) is 32.5. The Kier molecular flexibility index (Phi) is 3.90. The van der Waals surface area contributed by atoms with Crippen molar-refractivity contribution in [1.82, 2.24) is 14.5 Å². The van der Waals surface area contributed by atoms with Crippen molar-refractivity contribution in [2.45, 2.75) is 25.9 Å². The number of aryl methyl sites for hydroxylation is 1. The Morgan fingerprint density at radius 2 is 2.12 bits per heavy atom. The largest absolute Gasteiger partial charge is 0.338 e. The number of amides is 1. The molecule has 0 saturated heterocycles. The number of thiophene rings is 1. The average Bonchev–Trinajstić information content (AvgIpc) is 3.09. The maximum Gasteiger partial charge on any atom is 0.261 e. The van der Waals surface area contributed by atoms with Crippen LogP contribution in [0, 0.1) is 0 Å². The summed E-state index contributed by atoms with van der Waals surface area (Å²) in [7, 11) is 0. The molecule has 24 heavy (non-hydrogen) atoms. The predicted octanol–water partition coefficient (Wildman–Crippen LogP) is 2.43.